The standard InChI is InChI=1S/C15H12BrClFNO2/c1-21-14-5-3-2-4-9(14)8-19-15(20)10-6-11(16)12(17)7-13(10)18/h2-7H,8H2,1H3,(H,19,20). The number of halogens is 3. The predicted octanol–water partition coefficient (Wildman–Crippen LogP) is 4.18. The fraction of sp³-hybridized carbons (Fsp3) is 0.133. The van der Waals surface area contributed by atoms with Crippen LogP contribution in [0.4, 0.5) is 4.39 Å². The minimum absolute atomic E-state index is 0.0684. The molecule has 0 aliphatic carbocycles. The SMILES string of the molecule is COc1ccccc1CNC(=O)c1cc(Br)c(Cl)cc1F. The molecule has 0 saturated heterocycles. The number of para-hydroxylation sites is 1. The molecule has 0 aliphatic rings. The van der Waals surface area contributed by atoms with Crippen LogP contribution in [0.25, 0.3) is 0 Å². The van der Waals surface area contributed by atoms with Gasteiger partial charge in [-0.05, 0) is 34.1 Å². The highest BCUT2D eigenvalue weighted by Crippen LogP contribution is 2.25. The van der Waals surface area contributed by atoms with Crippen molar-refractivity contribution >= 4 is 33.4 Å². The van der Waals surface area contributed by atoms with Gasteiger partial charge in [0.2, 0.25) is 0 Å². The summed E-state index contributed by atoms with van der Waals surface area (Å²) >= 11 is 8.94. The number of hydrogen-bond donors (Lipinski definition) is 1. The Bertz CT molecular complexity index is 679. The van der Waals surface area contributed by atoms with Crippen molar-refractivity contribution in [2.24, 2.45) is 0 Å². The Morgan fingerprint density at radius 1 is 1.38 bits per heavy atom. The van der Waals surface area contributed by atoms with Crippen LogP contribution in [0.2, 0.25) is 5.02 Å². The lowest BCUT2D eigenvalue weighted by Gasteiger charge is -2.10. The van der Waals surface area contributed by atoms with Gasteiger partial charge in [-0.1, -0.05) is 29.8 Å². The van der Waals surface area contributed by atoms with Gasteiger partial charge in [-0.3, -0.25) is 4.79 Å². The fourth-order valence-corrected chi connectivity index (χ4v) is 2.31. The van der Waals surface area contributed by atoms with E-state index in [0.717, 1.165) is 11.6 Å². The Hall–Kier alpha value is -1.59. The molecule has 110 valence electrons. The number of hydrogen-bond acceptors (Lipinski definition) is 2. The third-order valence-electron chi connectivity index (χ3n) is 2.89. The first kappa shape index (κ1) is 15.8. The van der Waals surface area contributed by atoms with E-state index in [2.05, 4.69) is 21.2 Å². The van der Waals surface area contributed by atoms with Gasteiger partial charge in [0.05, 0.1) is 17.7 Å². The Labute approximate surface area is 135 Å². The summed E-state index contributed by atoms with van der Waals surface area (Å²) in [6.07, 6.45) is 0. The molecule has 0 spiro atoms. The van der Waals surface area contributed by atoms with Crippen molar-refractivity contribution < 1.29 is 13.9 Å². The molecule has 2 aromatic rings. The molecular weight excluding hydrogens is 361 g/mol. The molecular formula is C15H12BrClFNO2. The quantitative estimate of drug-likeness (QED) is 0.818. The molecule has 2 rings (SSSR count). The van der Waals surface area contributed by atoms with Gasteiger partial charge in [0.1, 0.15) is 11.6 Å². The number of benzene rings is 2. The zero-order valence-electron chi connectivity index (χ0n) is 11.1. The second-order valence-electron chi connectivity index (χ2n) is 4.24. The highest BCUT2D eigenvalue weighted by atomic mass is 79.9. The molecule has 1 amide bonds. The smallest absolute Gasteiger partial charge is 0.254 e. The highest BCUT2D eigenvalue weighted by molar-refractivity contribution is 9.10. The van der Waals surface area contributed by atoms with Crippen molar-refractivity contribution in [3.8, 4) is 5.75 Å². The molecule has 2 aromatic carbocycles. The van der Waals surface area contributed by atoms with Crippen molar-refractivity contribution in [2.75, 3.05) is 7.11 Å². The lowest BCUT2D eigenvalue weighted by Crippen LogP contribution is -2.24. The summed E-state index contributed by atoms with van der Waals surface area (Å²) in [7, 11) is 1.55. The Morgan fingerprint density at radius 3 is 2.81 bits per heavy atom. The second kappa shape index (κ2) is 6.91. The van der Waals surface area contributed by atoms with Gasteiger partial charge < -0.3 is 10.1 Å². The molecule has 6 heteroatoms. The minimum atomic E-state index is -0.666. The Balaban J connectivity index is 2.14. The van der Waals surface area contributed by atoms with Gasteiger partial charge in [0.15, 0.2) is 0 Å². The van der Waals surface area contributed by atoms with Crippen molar-refractivity contribution in [3.05, 3.63) is 62.8 Å². The van der Waals surface area contributed by atoms with E-state index in [-0.39, 0.29) is 17.1 Å². The van der Waals surface area contributed by atoms with E-state index >= 15 is 0 Å². The molecule has 0 heterocycles. The van der Waals surface area contributed by atoms with E-state index in [1.54, 1.807) is 13.2 Å². The first-order valence-corrected chi connectivity index (χ1v) is 7.24. The van der Waals surface area contributed by atoms with Gasteiger partial charge >= 0.3 is 0 Å². The number of rotatable bonds is 4. The predicted molar refractivity (Wildman–Crippen MR) is 83.3 cm³/mol. The maximum Gasteiger partial charge on any atom is 0.254 e. The normalized spacial score (nSPS) is 10.3. The summed E-state index contributed by atoms with van der Waals surface area (Å²) in [5, 5.41) is 2.87. The number of carbonyl (C=O) groups is 1. The molecule has 0 unspecified atom stereocenters. The van der Waals surface area contributed by atoms with Crippen molar-refractivity contribution in [1.82, 2.24) is 5.32 Å². The first-order valence-electron chi connectivity index (χ1n) is 6.07. The van der Waals surface area contributed by atoms with Crippen LogP contribution in [-0.4, -0.2) is 13.0 Å². The van der Waals surface area contributed by atoms with Gasteiger partial charge in [-0.15, -0.1) is 0 Å². The number of nitrogens with one attached hydrogen (secondary N) is 1. The zero-order chi connectivity index (χ0) is 15.4. The maximum atomic E-state index is 13.8. The van der Waals surface area contributed by atoms with Crippen LogP contribution in [0.3, 0.4) is 0 Å². The fourth-order valence-electron chi connectivity index (χ4n) is 1.82. The van der Waals surface area contributed by atoms with Crippen LogP contribution in [0.15, 0.2) is 40.9 Å². The molecule has 0 saturated carbocycles. The highest BCUT2D eigenvalue weighted by Gasteiger charge is 2.14. The van der Waals surface area contributed by atoms with Crippen molar-refractivity contribution in [3.63, 3.8) is 0 Å². The van der Waals surface area contributed by atoms with Crippen LogP contribution in [0.5, 0.6) is 5.75 Å². The number of ether oxygens (including phenoxy) is 1. The maximum absolute atomic E-state index is 13.8. The number of amides is 1. The van der Waals surface area contributed by atoms with Crippen LogP contribution >= 0.6 is 27.5 Å². The zero-order valence-corrected chi connectivity index (χ0v) is 13.5. The minimum Gasteiger partial charge on any atom is -0.496 e. The lowest BCUT2D eigenvalue weighted by molar-refractivity contribution is 0.0946. The Morgan fingerprint density at radius 2 is 2.10 bits per heavy atom. The third-order valence-corrected chi connectivity index (χ3v) is 4.08. The van der Waals surface area contributed by atoms with Crippen LogP contribution in [0.1, 0.15) is 15.9 Å². The van der Waals surface area contributed by atoms with E-state index < -0.39 is 11.7 Å². The third kappa shape index (κ3) is 3.74. The van der Waals surface area contributed by atoms with E-state index in [9.17, 15) is 9.18 Å². The second-order valence-corrected chi connectivity index (χ2v) is 5.50. The molecule has 0 bridgehead atoms. The van der Waals surface area contributed by atoms with E-state index in [4.69, 9.17) is 16.3 Å². The van der Waals surface area contributed by atoms with E-state index in [1.165, 1.54) is 6.07 Å². The monoisotopic (exact) mass is 371 g/mol. The van der Waals surface area contributed by atoms with Crippen molar-refractivity contribution in [2.45, 2.75) is 6.54 Å². The van der Waals surface area contributed by atoms with E-state index in [0.29, 0.717) is 10.2 Å². The van der Waals surface area contributed by atoms with Gasteiger partial charge in [-0.25, -0.2) is 4.39 Å². The summed E-state index contributed by atoms with van der Waals surface area (Å²) in [4.78, 5) is 12.0. The molecule has 0 atom stereocenters. The molecule has 0 aliphatic heterocycles. The molecule has 1 N–H and O–H groups in total. The molecule has 21 heavy (non-hydrogen) atoms. The molecule has 0 radical (unpaired) electrons. The largest absolute Gasteiger partial charge is 0.496 e. The lowest BCUT2D eigenvalue weighted by atomic mass is 10.1. The van der Waals surface area contributed by atoms with Crippen LogP contribution in [-0.2, 0) is 6.54 Å². The van der Waals surface area contributed by atoms with Gasteiger partial charge in [0.25, 0.3) is 5.91 Å². The molecule has 3 nitrogen and oxygen atoms in total. The van der Waals surface area contributed by atoms with E-state index in [1.807, 2.05) is 18.2 Å². The van der Waals surface area contributed by atoms with Crippen LogP contribution in [0, 0.1) is 5.82 Å². The topological polar surface area (TPSA) is 38.3 Å². The summed E-state index contributed by atoms with van der Waals surface area (Å²) in [5.74, 6) is -0.521. The summed E-state index contributed by atoms with van der Waals surface area (Å²) < 4.78 is 19.4. The summed E-state index contributed by atoms with van der Waals surface area (Å²) in [6, 6.07) is 9.75. The van der Waals surface area contributed by atoms with Gasteiger partial charge in [-0.2, -0.15) is 0 Å². The number of carbonyl (C=O) groups excluding carboxylic acids is 1. The molecule has 0 fully saturated rings. The average Bonchev–Trinajstić information content (AvgIpc) is 2.48. The average molecular weight is 373 g/mol. The van der Waals surface area contributed by atoms with Gasteiger partial charge in [0, 0.05) is 16.6 Å². The summed E-state index contributed by atoms with van der Waals surface area (Å²) in [6.45, 7) is 0.239. The van der Waals surface area contributed by atoms with Crippen LogP contribution < -0.4 is 10.1 Å². The van der Waals surface area contributed by atoms with Crippen molar-refractivity contribution in [1.29, 1.82) is 0 Å². The Kier molecular flexibility index (Phi) is 5.20. The molecule has 0 aromatic heterocycles. The summed E-state index contributed by atoms with van der Waals surface area (Å²) in [5.41, 5.74) is 0.739. The first-order chi connectivity index (χ1) is 10.0. The number of methoxy groups -OCH3 is 1.